The monoisotopic (exact) mass is 389 g/mol. The van der Waals surface area contributed by atoms with Gasteiger partial charge in [0, 0.05) is 36.8 Å². The van der Waals surface area contributed by atoms with Crippen molar-refractivity contribution in [3.8, 4) is 16.9 Å². The molecule has 1 fully saturated rings. The fourth-order valence-electron chi connectivity index (χ4n) is 4.27. The van der Waals surface area contributed by atoms with Crippen molar-refractivity contribution in [2.24, 2.45) is 5.73 Å². The lowest BCUT2D eigenvalue weighted by Gasteiger charge is -2.35. The highest BCUT2D eigenvalue weighted by Gasteiger charge is 2.24. The van der Waals surface area contributed by atoms with Crippen molar-refractivity contribution in [1.82, 2.24) is 9.88 Å². The molecule has 0 spiro atoms. The topological polar surface area (TPSA) is 51.4 Å². The van der Waals surface area contributed by atoms with E-state index < -0.39 is 0 Å². The van der Waals surface area contributed by atoms with Gasteiger partial charge in [-0.3, -0.25) is 4.98 Å². The highest BCUT2D eigenvalue weighted by atomic mass is 16.5. The molecule has 0 unspecified atom stereocenters. The van der Waals surface area contributed by atoms with Crippen molar-refractivity contribution in [3.05, 3.63) is 60.3 Å². The van der Waals surface area contributed by atoms with Gasteiger partial charge in [0.2, 0.25) is 0 Å². The first kappa shape index (κ1) is 19.9. The zero-order valence-electron chi connectivity index (χ0n) is 17.7. The third-order valence-corrected chi connectivity index (χ3v) is 5.66. The minimum absolute atomic E-state index is 0.139. The molecule has 1 saturated heterocycles. The number of pyridine rings is 1. The van der Waals surface area contributed by atoms with Crippen LogP contribution in [-0.4, -0.2) is 41.2 Å². The number of nitrogens with two attached hydrogens (primary N) is 1. The molecule has 0 bridgehead atoms. The number of piperidine rings is 1. The van der Waals surface area contributed by atoms with Crippen LogP contribution in [0.1, 0.15) is 32.3 Å². The molecule has 1 aliphatic rings. The number of benzene rings is 2. The van der Waals surface area contributed by atoms with E-state index in [9.17, 15) is 0 Å². The van der Waals surface area contributed by atoms with Crippen molar-refractivity contribution >= 4 is 10.9 Å². The minimum atomic E-state index is -0.139. The van der Waals surface area contributed by atoms with Crippen LogP contribution in [0.4, 0.5) is 0 Å². The Morgan fingerprint density at radius 1 is 1.07 bits per heavy atom. The van der Waals surface area contributed by atoms with Crippen LogP contribution >= 0.6 is 0 Å². The van der Waals surface area contributed by atoms with Crippen LogP contribution < -0.4 is 10.5 Å². The maximum atomic E-state index is 6.25. The van der Waals surface area contributed by atoms with E-state index in [1.165, 1.54) is 22.1 Å². The van der Waals surface area contributed by atoms with Crippen LogP contribution in [0.15, 0.2) is 54.7 Å². The van der Waals surface area contributed by atoms with E-state index in [-0.39, 0.29) is 11.6 Å². The Hall–Kier alpha value is -2.43. The largest absolute Gasteiger partial charge is 0.490 e. The molecular formula is C25H31N3O. The van der Waals surface area contributed by atoms with Gasteiger partial charge in [0.1, 0.15) is 11.9 Å². The standard InChI is InChI=1S/C25H31N3O/c1-18-23(11-8-20-5-4-14-27-24(18)20)19-6-9-21(10-7-19)29-22-12-15-28(16-13-22)17-25(2,3)26/h4-11,14,22H,12-13,15-17,26H2,1-3H3. The maximum absolute atomic E-state index is 6.25. The molecule has 0 saturated carbocycles. The second-order valence-corrected chi connectivity index (χ2v) is 8.92. The number of fused-ring (bicyclic) bond motifs is 1. The number of likely N-dealkylation sites (tertiary alicyclic amines) is 1. The van der Waals surface area contributed by atoms with Gasteiger partial charge in [0.25, 0.3) is 0 Å². The van der Waals surface area contributed by atoms with Crippen LogP contribution in [0.2, 0.25) is 0 Å². The lowest BCUT2D eigenvalue weighted by molar-refractivity contribution is 0.0904. The highest BCUT2D eigenvalue weighted by molar-refractivity contribution is 5.88. The summed E-state index contributed by atoms with van der Waals surface area (Å²) in [4.78, 5) is 7.00. The van der Waals surface area contributed by atoms with Gasteiger partial charge in [0.15, 0.2) is 0 Å². The molecule has 1 aliphatic heterocycles. The lowest BCUT2D eigenvalue weighted by Crippen LogP contribution is -2.49. The Bertz CT molecular complexity index is 968. The number of hydrogen-bond donors (Lipinski definition) is 1. The Balaban J connectivity index is 1.41. The molecule has 0 amide bonds. The van der Waals surface area contributed by atoms with Gasteiger partial charge < -0.3 is 15.4 Å². The summed E-state index contributed by atoms with van der Waals surface area (Å²) >= 11 is 0. The molecule has 152 valence electrons. The second kappa shape index (κ2) is 8.13. The predicted octanol–water partition coefficient (Wildman–Crippen LogP) is 4.79. The molecule has 4 heteroatoms. The molecule has 1 aromatic heterocycles. The number of rotatable bonds is 5. The minimum Gasteiger partial charge on any atom is -0.490 e. The molecule has 0 radical (unpaired) electrons. The SMILES string of the molecule is Cc1c(-c2ccc(OC3CCN(CC(C)(C)N)CC3)cc2)ccc2cccnc12. The molecule has 0 aliphatic carbocycles. The number of ether oxygens (including phenoxy) is 1. The summed E-state index contributed by atoms with van der Waals surface area (Å²) in [5, 5.41) is 1.18. The lowest BCUT2D eigenvalue weighted by atomic mass is 9.98. The van der Waals surface area contributed by atoms with Gasteiger partial charge in [-0.15, -0.1) is 0 Å². The second-order valence-electron chi connectivity index (χ2n) is 8.92. The van der Waals surface area contributed by atoms with Gasteiger partial charge in [-0.2, -0.15) is 0 Å². The van der Waals surface area contributed by atoms with Crippen LogP contribution in [0, 0.1) is 6.92 Å². The van der Waals surface area contributed by atoms with Crippen molar-refractivity contribution in [2.75, 3.05) is 19.6 Å². The van der Waals surface area contributed by atoms with Crippen molar-refractivity contribution < 1.29 is 4.74 Å². The average molecular weight is 390 g/mol. The summed E-state index contributed by atoms with van der Waals surface area (Å²) in [7, 11) is 0. The van der Waals surface area contributed by atoms with E-state index in [0.29, 0.717) is 0 Å². The summed E-state index contributed by atoms with van der Waals surface area (Å²) in [5.74, 6) is 0.947. The Morgan fingerprint density at radius 3 is 2.48 bits per heavy atom. The molecule has 2 aromatic carbocycles. The van der Waals surface area contributed by atoms with Crippen LogP contribution in [0.3, 0.4) is 0 Å². The van der Waals surface area contributed by atoms with Crippen LogP contribution in [-0.2, 0) is 0 Å². The molecule has 3 aromatic rings. The predicted molar refractivity (Wildman–Crippen MR) is 120 cm³/mol. The Kier molecular flexibility index (Phi) is 5.57. The van der Waals surface area contributed by atoms with E-state index in [1.807, 2.05) is 12.3 Å². The number of aryl methyl sites for hydroxylation is 1. The molecule has 29 heavy (non-hydrogen) atoms. The van der Waals surface area contributed by atoms with E-state index in [0.717, 1.165) is 43.7 Å². The number of nitrogens with zero attached hydrogens (tertiary/aromatic N) is 2. The Labute approximate surface area is 173 Å². The molecule has 2 heterocycles. The van der Waals surface area contributed by atoms with Gasteiger partial charge in [-0.25, -0.2) is 0 Å². The first-order valence-electron chi connectivity index (χ1n) is 10.5. The summed E-state index contributed by atoms with van der Waals surface area (Å²) < 4.78 is 6.25. The summed E-state index contributed by atoms with van der Waals surface area (Å²) in [5.41, 5.74) is 10.7. The fraction of sp³-hybridized carbons (Fsp3) is 0.400. The molecule has 4 nitrogen and oxygen atoms in total. The van der Waals surface area contributed by atoms with Crippen LogP contribution in [0.5, 0.6) is 5.75 Å². The fourth-order valence-corrected chi connectivity index (χ4v) is 4.27. The molecule has 4 rings (SSSR count). The third-order valence-electron chi connectivity index (χ3n) is 5.66. The summed E-state index contributed by atoms with van der Waals surface area (Å²) in [6.45, 7) is 9.36. The number of aromatic nitrogens is 1. The van der Waals surface area contributed by atoms with Crippen molar-refractivity contribution in [3.63, 3.8) is 0 Å². The number of hydrogen-bond acceptors (Lipinski definition) is 4. The molecule has 2 N–H and O–H groups in total. The highest BCUT2D eigenvalue weighted by Crippen LogP contribution is 2.30. The summed E-state index contributed by atoms with van der Waals surface area (Å²) in [6.07, 6.45) is 4.24. The van der Waals surface area contributed by atoms with Crippen molar-refractivity contribution in [2.45, 2.75) is 45.3 Å². The van der Waals surface area contributed by atoms with Crippen molar-refractivity contribution in [1.29, 1.82) is 0 Å². The van der Waals surface area contributed by atoms with E-state index in [4.69, 9.17) is 10.5 Å². The van der Waals surface area contributed by atoms with E-state index >= 15 is 0 Å². The molecule has 0 atom stereocenters. The normalized spacial score (nSPS) is 16.3. The van der Waals surface area contributed by atoms with Gasteiger partial charge in [0.05, 0.1) is 5.52 Å². The summed E-state index contributed by atoms with van der Waals surface area (Å²) in [6, 6.07) is 16.9. The molecular weight excluding hydrogens is 358 g/mol. The quantitative estimate of drug-likeness (QED) is 0.682. The first-order valence-corrected chi connectivity index (χ1v) is 10.5. The maximum Gasteiger partial charge on any atom is 0.119 e. The first-order chi connectivity index (χ1) is 13.9. The smallest absolute Gasteiger partial charge is 0.119 e. The average Bonchev–Trinajstić information content (AvgIpc) is 2.70. The van der Waals surface area contributed by atoms with Gasteiger partial charge >= 0.3 is 0 Å². The Morgan fingerprint density at radius 2 is 1.79 bits per heavy atom. The third kappa shape index (κ3) is 4.77. The van der Waals surface area contributed by atoms with Gasteiger partial charge in [-0.1, -0.05) is 30.3 Å². The van der Waals surface area contributed by atoms with Gasteiger partial charge in [-0.05, 0) is 68.5 Å². The zero-order valence-corrected chi connectivity index (χ0v) is 17.7. The van der Waals surface area contributed by atoms with Crippen LogP contribution in [0.25, 0.3) is 22.0 Å². The van der Waals surface area contributed by atoms with E-state index in [1.54, 1.807) is 0 Å². The van der Waals surface area contributed by atoms with E-state index in [2.05, 4.69) is 73.1 Å². The zero-order chi connectivity index (χ0) is 20.4.